The number of ether oxygens (including phenoxy) is 1. The number of para-hydroxylation sites is 1. The van der Waals surface area contributed by atoms with Crippen LogP contribution in [0.15, 0.2) is 97.2 Å². The molecule has 0 unspecified atom stereocenters. The minimum absolute atomic E-state index is 0. The van der Waals surface area contributed by atoms with E-state index in [9.17, 15) is 0 Å². The molecule has 0 saturated heterocycles. The van der Waals surface area contributed by atoms with Crippen LogP contribution >= 0.6 is 0 Å². The summed E-state index contributed by atoms with van der Waals surface area (Å²) in [5, 5.41) is 7.44. The second kappa shape index (κ2) is 13.0. The summed E-state index contributed by atoms with van der Waals surface area (Å²) in [7, 11) is 0. The molecule has 0 N–H and O–H groups in total. The van der Waals surface area contributed by atoms with Gasteiger partial charge in [-0.2, -0.15) is 17.2 Å². The summed E-state index contributed by atoms with van der Waals surface area (Å²) in [5.41, 5.74) is 9.79. The van der Waals surface area contributed by atoms with Crippen molar-refractivity contribution >= 4 is 21.8 Å². The number of nitrogens with zero attached hydrogens (tertiary/aromatic N) is 4. The van der Waals surface area contributed by atoms with E-state index in [1.165, 1.54) is 22.4 Å². The molecule has 0 radical (unpaired) electrons. The minimum atomic E-state index is -0.124. The van der Waals surface area contributed by atoms with Crippen LogP contribution in [0.2, 0.25) is 0 Å². The molecule has 0 spiro atoms. The van der Waals surface area contributed by atoms with Crippen LogP contribution in [-0.4, -0.2) is 19.3 Å². The monoisotopic (exact) mass is 708 g/mol. The van der Waals surface area contributed by atoms with E-state index >= 15 is 0 Å². The predicted octanol–water partition coefficient (Wildman–Crippen LogP) is 10.3. The molecule has 0 atom stereocenters. The third-order valence-electron chi connectivity index (χ3n) is 9.05. The second-order valence-electron chi connectivity index (χ2n) is 12.7. The van der Waals surface area contributed by atoms with Gasteiger partial charge in [0.1, 0.15) is 5.82 Å². The fraction of sp³-hybridized carbons (Fsp3) is 0.220. The zero-order valence-corrected chi connectivity index (χ0v) is 29.2. The number of pyridine rings is 1. The summed E-state index contributed by atoms with van der Waals surface area (Å²) in [4.78, 5) is 4.70. The smallest absolute Gasteiger partial charge is 0.509 e. The molecule has 7 rings (SSSR count). The number of aryl methyl sites for hydroxylation is 3. The molecular weight excluding hydrogens is 671 g/mol. The second-order valence-corrected chi connectivity index (χ2v) is 12.7. The maximum Gasteiger partial charge on any atom is 2.00 e. The van der Waals surface area contributed by atoms with E-state index in [0.29, 0.717) is 11.5 Å². The van der Waals surface area contributed by atoms with E-state index in [1.807, 2.05) is 30.5 Å². The molecule has 3 aromatic heterocycles. The Bertz CT molecular complexity index is 2210. The van der Waals surface area contributed by atoms with Crippen LogP contribution in [0.3, 0.4) is 0 Å². The van der Waals surface area contributed by atoms with Crippen LogP contribution in [0.5, 0.6) is 11.5 Å². The van der Waals surface area contributed by atoms with Crippen LogP contribution in [0, 0.1) is 26.0 Å². The van der Waals surface area contributed by atoms with Gasteiger partial charge < -0.3 is 9.30 Å². The van der Waals surface area contributed by atoms with E-state index in [0.717, 1.165) is 57.4 Å². The molecule has 0 amide bonds. The van der Waals surface area contributed by atoms with Crippen LogP contribution in [0.4, 0.5) is 0 Å². The molecule has 6 heteroatoms. The van der Waals surface area contributed by atoms with Crippen molar-refractivity contribution in [2.45, 2.75) is 59.8 Å². The van der Waals surface area contributed by atoms with E-state index in [2.05, 4.69) is 130 Å². The van der Waals surface area contributed by atoms with E-state index in [4.69, 9.17) is 14.8 Å². The Morgan fingerprint density at radius 2 is 1.55 bits per heavy atom. The molecule has 0 aliphatic rings. The predicted molar refractivity (Wildman–Crippen MR) is 187 cm³/mol. The number of aromatic nitrogens is 4. The standard InChI is InChI=1S/C41H38N4O.Pd/c1-7-35-39(29-18-16-27(3)17-19-29)40(41(5,6)8-2)45(43-35)30-12-11-13-31(25-30)46-32-20-21-34-33-14-9-10-15-36(33)44(37(34)26-32)38-24-28(4)22-23-42-38;/h9-24H,7-8H2,1-6H3;/q-2;+2. The van der Waals surface area contributed by atoms with Crippen molar-refractivity contribution < 1.29 is 25.2 Å². The number of fused-ring (bicyclic) bond motifs is 3. The molecule has 47 heavy (non-hydrogen) atoms. The van der Waals surface area contributed by atoms with Crippen molar-refractivity contribution in [1.82, 2.24) is 19.3 Å². The van der Waals surface area contributed by atoms with Gasteiger partial charge >= 0.3 is 20.4 Å². The summed E-state index contributed by atoms with van der Waals surface area (Å²) in [6.07, 6.45) is 3.65. The molecule has 0 fully saturated rings. The Kier molecular flexibility index (Phi) is 8.94. The largest absolute Gasteiger partial charge is 2.00 e. The topological polar surface area (TPSA) is 44.9 Å². The quantitative estimate of drug-likeness (QED) is 0.117. The Hall–Kier alpha value is -4.50. The van der Waals surface area contributed by atoms with Crippen LogP contribution in [0.25, 0.3) is 44.4 Å². The molecule has 0 saturated carbocycles. The zero-order valence-electron chi connectivity index (χ0n) is 27.7. The summed E-state index contributed by atoms with van der Waals surface area (Å²) in [6.45, 7) is 13.2. The van der Waals surface area contributed by atoms with Crippen LogP contribution in [-0.2, 0) is 32.3 Å². The molecule has 0 aliphatic heterocycles. The van der Waals surface area contributed by atoms with Crippen molar-refractivity contribution in [3.8, 4) is 34.1 Å². The molecule has 0 bridgehead atoms. The van der Waals surface area contributed by atoms with Gasteiger partial charge in [0.05, 0.1) is 11.4 Å². The van der Waals surface area contributed by atoms with Gasteiger partial charge in [-0.3, -0.25) is 4.68 Å². The fourth-order valence-electron chi connectivity index (χ4n) is 6.25. The van der Waals surface area contributed by atoms with Crippen LogP contribution in [0.1, 0.15) is 56.6 Å². The fourth-order valence-corrected chi connectivity index (χ4v) is 6.25. The molecule has 7 aromatic rings. The number of hydrogen-bond donors (Lipinski definition) is 0. The van der Waals surface area contributed by atoms with Gasteiger partial charge in [0.15, 0.2) is 0 Å². The Morgan fingerprint density at radius 1 is 0.787 bits per heavy atom. The molecular formula is C41H38N4OPd. The average molecular weight is 709 g/mol. The molecule has 5 nitrogen and oxygen atoms in total. The Balaban J connectivity index is 0.00000386. The van der Waals surface area contributed by atoms with Gasteiger partial charge in [0.2, 0.25) is 0 Å². The summed E-state index contributed by atoms with van der Waals surface area (Å²) >= 11 is 0. The first-order valence-electron chi connectivity index (χ1n) is 16.1. The molecule has 3 heterocycles. The average Bonchev–Trinajstić information content (AvgIpc) is 3.62. The van der Waals surface area contributed by atoms with E-state index in [-0.39, 0.29) is 25.8 Å². The molecule has 4 aromatic carbocycles. The van der Waals surface area contributed by atoms with Gasteiger partial charge in [0, 0.05) is 34.2 Å². The summed E-state index contributed by atoms with van der Waals surface area (Å²) in [5.74, 6) is 2.07. The maximum atomic E-state index is 6.49. The van der Waals surface area contributed by atoms with Gasteiger partial charge in [0.25, 0.3) is 0 Å². The van der Waals surface area contributed by atoms with Crippen molar-refractivity contribution in [2.24, 2.45) is 0 Å². The first-order chi connectivity index (χ1) is 22.3. The third kappa shape index (κ3) is 5.93. The molecule has 238 valence electrons. The van der Waals surface area contributed by atoms with Crippen molar-refractivity contribution in [1.29, 1.82) is 0 Å². The van der Waals surface area contributed by atoms with E-state index < -0.39 is 0 Å². The van der Waals surface area contributed by atoms with Crippen molar-refractivity contribution in [2.75, 3.05) is 0 Å². The minimum Gasteiger partial charge on any atom is -0.509 e. The number of benzene rings is 4. The Morgan fingerprint density at radius 3 is 2.30 bits per heavy atom. The zero-order chi connectivity index (χ0) is 32.0. The van der Waals surface area contributed by atoms with Gasteiger partial charge in [-0.1, -0.05) is 81.2 Å². The van der Waals surface area contributed by atoms with Crippen molar-refractivity contribution in [3.63, 3.8) is 0 Å². The summed E-state index contributed by atoms with van der Waals surface area (Å²) < 4.78 is 10.7. The normalized spacial score (nSPS) is 11.6. The number of hydrogen-bond acceptors (Lipinski definition) is 3. The van der Waals surface area contributed by atoms with Crippen LogP contribution < -0.4 is 4.74 Å². The third-order valence-corrected chi connectivity index (χ3v) is 9.05. The number of rotatable bonds is 8. The summed E-state index contributed by atoms with van der Waals surface area (Å²) in [6, 6.07) is 38.5. The maximum absolute atomic E-state index is 6.49. The van der Waals surface area contributed by atoms with E-state index in [1.54, 1.807) is 0 Å². The molecule has 0 aliphatic carbocycles. The van der Waals surface area contributed by atoms with Gasteiger partial charge in [-0.05, 0) is 67.1 Å². The van der Waals surface area contributed by atoms with Gasteiger partial charge in [-0.15, -0.1) is 35.7 Å². The van der Waals surface area contributed by atoms with Crippen molar-refractivity contribution in [3.05, 3.63) is 132 Å². The first-order valence-corrected chi connectivity index (χ1v) is 16.1. The SMILES string of the molecule is CCc1nn(-c2[c-]c(Oc3[c-]c4c(cc3)c3ccccc3n4-c3cc(C)ccn3)ccc2)c(C(C)(C)CC)c1-c1ccc(C)cc1.[Pd+2]. The van der Waals surface area contributed by atoms with Gasteiger partial charge in [-0.25, -0.2) is 4.98 Å². The Labute approximate surface area is 290 Å². The first kappa shape index (κ1) is 32.4.